The van der Waals surface area contributed by atoms with Gasteiger partial charge in [0.25, 0.3) is 0 Å². The number of pyridine rings is 1. The number of hydrogen-bond acceptors (Lipinski definition) is 2. The molecule has 5 heteroatoms. The van der Waals surface area contributed by atoms with Crippen molar-refractivity contribution >= 4 is 5.82 Å². The van der Waals surface area contributed by atoms with Crippen LogP contribution in [0, 0.1) is 5.92 Å². The molecule has 0 aliphatic heterocycles. The Hall–Kier alpha value is -1.26. The first-order chi connectivity index (χ1) is 8.99. The highest BCUT2D eigenvalue weighted by Crippen LogP contribution is 2.30. The zero-order valence-electron chi connectivity index (χ0n) is 11.0. The summed E-state index contributed by atoms with van der Waals surface area (Å²) in [4.78, 5) is 3.86. The summed E-state index contributed by atoms with van der Waals surface area (Å²) in [5.41, 5.74) is -0.701. The molecule has 2 nitrogen and oxygen atoms in total. The van der Waals surface area contributed by atoms with Crippen molar-refractivity contribution in [3.63, 3.8) is 0 Å². The summed E-state index contributed by atoms with van der Waals surface area (Å²) >= 11 is 0. The van der Waals surface area contributed by atoms with Crippen LogP contribution in [-0.2, 0) is 6.18 Å². The fourth-order valence-electron chi connectivity index (χ4n) is 2.65. The average molecular weight is 272 g/mol. The van der Waals surface area contributed by atoms with Gasteiger partial charge in [0.1, 0.15) is 5.82 Å². The van der Waals surface area contributed by atoms with Gasteiger partial charge in [0, 0.05) is 12.2 Å². The smallest absolute Gasteiger partial charge is 0.367 e. The van der Waals surface area contributed by atoms with Gasteiger partial charge in [-0.25, -0.2) is 4.98 Å². The molecule has 0 aromatic carbocycles. The maximum atomic E-state index is 12.4. The summed E-state index contributed by atoms with van der Waals surface area (Å²) in [6.07, 6.45) is 2.33. The van der Waals surface area contributed by atoms with Crippen LogP contribution in [0.4, 0.5) is 19.0 Å². The Labute approximate surface area is 111 Å². The Morgan fingerprint density at radius 2 is 2.11 bits per heavy atom. The Morgan fingerprint density at radius 3 is 2.68 bits per heavy atom. The van der Waals surface area contributed by atoms with E-state index < -0.39 is 11.7 Å². The number of anilines is 1. The second-order valence-electron chi connectivity index (χ2n) is 5.21. The molecule has 0 radical (unpaired) electrons. The van der Waals surface area contributed by atoms with E-state index in [0.29, 0.717) is 11.9 Å². The molecular weight excluding hydrogens is 253 g/mol. The third-order valence-corrected chi connectivity index (χ3v) is 3.80. The molecule has 0 saturated heterocycles. The van der Waals surface area contributed by atoms with Crippen LogP contribution in [0.15, 0.2) is 18.3 Å². The van der Waals surface area contributed by atoms with Crippen LogP contribution in [0.2, 0.25) is 0 Å². The minimum Gasteiger partial charge on any atom is -0.367 e. The van der Waals surface area contributed by atoms with E-state index in [4.69, 9.17) is 0 Å². The zero-order chi connectivity index (χ0) is 13.9. The molecule has 106 valence electrons. The predicted octanol–water partition coefficient (Wildman–Crippen LogP) is 4.48. The van der Waals surface area contributed by atoms with Crippen LogP contribution in [0.3, 0.4) is 0 Å². The van der Waals surface area contributed by atoms with E-state index in [1.54, 1.807) is 0 Å². The molecule has 19 heavy (non-hydrogen) atoms. The van der Waals surface area contributed by atoms with Crippen molar-refractivity contribution in [2.45, 2.75) is 51.2 Å². The summed E-state index contributed by atoms with van der Waals surface area (Å²) in [7, 11) is 0. The van der Waals surface area contributed by atoms with Gasteiger partial charge >= 0.3 is 6.18 Å². The van der Waals surface area contributed by atoms with Crippen molar-refractivity contribution in [3.8, 4) is 0 Å². The Balaban J connectivity index is 1.96. The molecule has 1 heterocycles. The molecule has 1 aliphatic rings. The van der Waals surface area contributed by atoms with Crippen LogP contribution in [0.1, 0.15) is 44.6 Å². The molecule has 2 atom stereocenters. The Kier molecular flexibility index (Phi) is 4.32. The largest absolute Gasteiger partial charge is 0.417 e. The van der Waals surface area contributed by atoms with Crippen LogP contribution < -0.4 is 5.32 Å². The number of nitrogens with one attached hydrogen (secondary N) is 1. The fourth-order valence-corrected chi connectivity index (χ4v) is 2.65. The zero-order valence-corrected chi connectivity index (χ0v) is 11.0. The van der Waals surface area contributed by atoms with Crippen LogP contribution in [-0.4, -0.2) is 11.0 Å². The number of nitrogens with zero attached hydrogens (tertiary/aromatic N) is 1. The van der Waals surface area contributed by atoms with Crippen molar-refractivity contribution < 1.29 is 13.2 Å². The molecule has 2 unspecified atom stereocenters. The first-order valence-corrected chi connectivity index (χ1v) is 6.79. The number of hydrogen-bond donors (Lipinski definition) is 1. The standard InChI is InChI=1S/C14H19F3N2/c1-2-10-4-3-5-12(8-10)19-13-7-6-11(9-18-13)14(15,16)17/h6-7,9-10,12H,2-5,8H2,1H3,(H,18,19). The van der Waals surface area contributed by atoms with Crippen molar-refractivity contribution in [1.82, 2.24) is 4.98 Å². The maximum absolute atomic E-state index is 12.4. The van der Waals surface area contributed by atoms with Gasteiger partial charge in [0.2, 0.25) is 0 Å². The molecule has 1 fully saturated rings. The molecular formula is C14H19F3N2. The molecule has 0 spiro atoms. The van der Waals surface area contributed by atoms with Gasteiger partial charge in [-0.1, -0.05) is 26.2 Å². The van der Waals surface area contributed by atoms with E-state index >= 15 is 0 Å². The molecule has 1 aliphatic carbocycles. The van der Waals surface area contributed by atoms with E-state index in [1.807, 2.05) is 0 Å². The number of aromatic nitrogens is 1. The van der Waals surface area contributed by atoms with Crippen molar-refractivity contribution in [2.75, 3.05) is 5.32 Å². The number of halogens is 3. The highest BCUT2D eigenvalue weighted by molar-refractivity contribution is 5.37. The lowest BCUT2D eigenvalue weighted by atomic mass is 9.84. The lowest BCUT2D eigenvalue weighted by Gasteiger charge is -2.29. The van der Waals surface area contributed by atoms with E-state index in [0.717, 1.165) is 31.0 Å². The molecule has 0 bridgehead atoms. The van der Waals surface area contributed by atoms with Gasteiger partial charge in [0.05, 0.1) is 5.56 Å². The third kappa shape index (κ3) is 3.85. The average Bonchev–Trinajstić information content (AvgIpc) is 2.38. The highest BCUT2D eigenvalue weighted by Gasteiger charge is 2.30. The summed E-state index contributed by atoms with van der Waals surface area (Å²) in [5, 5.41) is 3.25. The van der Waals surface area contributed by atoms with Gasteiger partial charge in [-0.2, -0.15) is 13.2 Å². The normalized spacial score (nSPS) is 24.2. The minimum atomic E-state index is -4.32. The van der Waals surface area contributed by atoms with E-state index in [9.17, 15) is 13.2 Å². The minimum absolute atomic E-state index is 0.336. The fraction of sp³-hybridized carbons (Fsp3) is 0.643. The first kappa shape index (κ1) is 14.2. The second-order valence-corrected chi connectivity index (χ2v) is 5.21. The molecule has 1 aromatic rings. The Morgan fingerprint density at radius 1 is 1.32 bits per heavy atom. The van der Waals surface area contributed by atoms with E-state index in [1.165, 1.54) is 25.3 Å². The van der Waals surface area contributed by atoms with E-state index in [-0.39, 0.29) is 0 Å². The van der Waals surface area contributed by atoms with Gasteiger partial charge in [-0.15, -0.1) is 0 Å². The topological polar surface area (TPSA) is 24.9 Å². The van der Waals surface area contributed by atoms with Gasteiger partial charge in [-0.3, -0.25) is 0 Å². The Bertz CT molecular complexity index is 400. The van der Waals surface area contributed by atoms with Crippen LogP contribution in [0.25, 0.3) is 0 Å². The molecule has 1 saturated carbocycles. The third-order valence-electron chi connectivity index (χ3n) is 3.80. The maximum Gasteiger partial charge on any atom is 0.417 e. The predicted molar refractivity (Wildman–Crippen MR) is 68.9 cm³/mol. The lowest BCUT2D eigenvalue weighted by Crippen LogP contribution is -2.27. The quantitative estimate of drug-likeness (QED) is 0.877. The molecule has 2 rings (SSSR count). The summed E-state index contributed by atoms with van der Waals surface area (Å²) in [6.45, 7) is 2.18. The summed E-state index contributed by atoms with van der Waals surface area (Å²) < 4.78 is 37.2. The summed E-state index contributed by atoms with van der Waals surface area (Å²) in [6, 6.07) is 2.83. The van der Waals surface area contributed by atoms with E-state index in [2.05, 4.69) is 17.2 Å². The SMILES string of the molecule is CCC1CCCC(Nc2ccc(C(F)(F)F)cn2)C1. The lowest BCUT2D eigenvalue weighted by molar-refractivity contribution is -0.137. The monoisotopic (exact) mass is 272 g/mol. The molecule has 1 N–H and O–H groups in total. The van der Waals surface area contributed by atoms with Gasteiger partial charge in [0.15, 0.2) is 0 Å². The molecule has 0 amide bonds. The number of alkyl halides is 3. The second kappa shape index (κ2) is 5.80. The summed E-state index contributed by atoms with van der Waals surface area (Å²) in [5.74, 6) is 1.26. The first-order valence-electron chi connectivity index (χ1n) is 6.79. The van der Waals surface area contributed by atoms with Crippen molar-refractivity contribution in [3.05, 3.63) is 23.9 Å². The van der Waals surface area contributed by atoms with Gasteiger partial charge in [-0.05, 0) is 30.9 Å². The highest BCUT2D eigenvalue weighted by atomic mass is 19.4. The van der Waals surface area contributed by atoms with Crippen LogP contribution >= 0.6 is 0 Å². The van der Waals surface area contributed by atoms with Crippen molar-refractivity contribution in [1.29, 1.82) is 0 Å². The van der Waals surface area contributed by atoms with Gasteiger partial charge < -0.3 is 5.32 Å². The van der Waals surface area contributed by atoms with Crippen LogP contribution in [0.5, 0.6) is 0 Å². The van der Waals surface area contributed by atoms with Crippen molar-refractivity contribution in [2.24, 2.45) is 5.92 Å². The number of rotatable bonds is 3. The molecule has 1 aromatic heterocycles.